The van der Waals surface area contributed by atoms with Gasteiger partial charge in [0.1, 0.15) is 5.82 Å². The van der Waals surface area contributed by atoms with Gasteiger partial charge in [-0.3, -0.25) is 9.36 Å². The Morgan fingerprint density at radius 2 is 1.84 bits per heavy atom. The van der Waals surface area contributed by atoms with E-state index in [2.05, 4.69) is 33.3 Å². The van der Waals surface area contributed by atoms with E-state index in [9.17, 15) is 9.59 Å². The first kappa shape index (κ1) is 23.4. The summed E-state index contributed by atoms with van der Waals surface area (Å²) in [5.74, 6) is 1.14. The third kappa shape index (κ3) is 3.88. The Labute approximate surface area is 222 Å². The molecule has 1 aromatic heterocycles. The van der Waals surface area contributed by atoms with Crippen LogP contribution < -0.4 is 10.9 Å². The number of carbonyl (C=O) groups excluding carboxylic acids is 1. The van der Waals surface area contributed by atoms with Crippen molar-refractivity contribution >= 4 is 6.03 Å². The van der Waals surface area contributed by atoms with Gasteiger partial charge in [0.15, 0.2) is 0 Å². The summed E-state index contributed by atoms with van der Waals surface area (Å²) in [5, 5.41) is 3.47. The normalized spacial score (nSPS) is 26.3. The van der Waals surface area contributed by atoms with Gasteiger partial charge in [0.25, 0.3) is 5.56 Å². The van der Waals surface area contributed by atoms with Crippen LogP contribution in [0, 0.1) is 5.41 Å². The van der Waals surface area contributed by atoms with Gasteiger partial charge in [-0.05, 0) is 30.4 Å². The zero-order valence-electron chi connectivity index (χ0n) is 21.6. The highest BCUT2D eigenvalue weighted by molar-refractivity contribution is 5.76. The SMILES string of the molecule is O=C(N1CC=C2Cn3c(nc(-c4ccccc4)cc3=O)C3CCC2(C3)C1)N1CCNC[C@H]1c1ccccc1. The first-order valence-corrected chi connectivity index (χ1v) is 13.8. The van der Waals surface area contributed by atoms with Crippen molar-refractivity contribution in [2.45, 2.75) is 37.8 Å². The molecule has 7 nitrogen and oxygen atoms in total. The first-order valence-electron chi connectivity index (χ1n) is 13.8. The summed E-state index contributed by atoms with van der Waals surface area (Å²) >= 11 is 0. The Bertz CT molecular complexity index is 1450. The van der Waals surface area contributed by atoms with Crippen LogP contribution in [0.1, 0.15) is 42.6 Å². The van der Waals surface area contributed by atoms with Gasteiger partial charge in [-0.2, -0.15) is 0 Å². The number of fused-ring (bicyclic) bond motifs is 3. The number of hydrogen-bond acceptors (Lipinski definition) is 4. The minimum Gasteiger partial charge on any atom is -0.320 e. The molecule has 1 N–H and O–H groups in total. The zero-order chi connectivity index (χ0) is 25.7. The van der Waals surface area contributed by atoms with Crippen molar-refractivity contribution < 1.29 is 4.79 Å². The largest absolute Gasteiger partial charge is 0.320 e. The molecule has 1 aliphatic carbocycles. The number of carbonyl (C=O) groups is 1. The molecule has 2 bridgehead atoms. The Kier molecular flexibility index (Phi) is 5.69. The molecule has 7 heteroatoms. The number of urea groups is 1. The molecule has 2 unspecified atom stereocenters. The molecule has 194 valence electrons. The summed E-state index contributed by atoms with van der Waals surface area (Å²) in [6, 6.07) is 22.1. The first-order chi connectivity index (χ1) is 18.6. The lowest BCUT2D eigenvalue weighted by atomic mass is 9.75. The van der Waals surface area contributed by atoms with Crippen molar-refractivity contribution in [1.29, 1.82) is 0 Å². The van der Waals surface area contributed by atoms with Crippen LogP contribution >= 0.6 is 0 Å². The standard InChI is InChI=1S/C31H33N5O2/c37-28-17-26(22-7-3-1-4-8-22)33-29-24-11-13-31(18-24)21-34(15-12-25(31)20-36(28)29)30(38)35-16-14-32-19-27(35)23-9-5-2-6-10-23/h1-10,12,17,24,27,32H,11,13-16,18-21H2/t24?,27-,31?/m0/s1. The van der Waals surface area contributed by atoms with Crippen LogP contribution in [0.3, 0.4) is 0 Å². The van der Waals surface area contributed by atoms with E-state index in [4.69, 9.17) is 4.98 Å². The van der Waals surface area contributed by atoms with Crippen LogP contribution in [-0.4, -0.2) is 58.1 Å². The van der Waals surface area contributed by atoms with Crippen molar-refractivity contribution in [3.05, 3.63) is 100 Å². The fourth-order valence-electron chi connectivity index (χ4n) is 7.14. The third-order valence-electron chi connectivity index (χ3n) is 9.09. The second-order valence-corrected chi connectivity index (χ2v) is 11.2. The number of hydrogen-bond donors (Lipinski definition) is 1. The Balaban J connectivity index is 1.18. The second-order valence-electron chi connectivity index (χ2n) is 11.2. The van der Waals surface area contributed by atoms with Crippen molar-refractivity contribution in [3.63, 3.8) is 0 Å². The van der Waals surface area contributed by atoms with Crippen LogP contribution in [0.5, 0.6) is 0 Å². The van der Waals surface area contributed by atoms with E-state index in [0.29, 0.717) is 26.2 Å². The summed E-state index contributed by atoms with van der Waals surface area (Å²) in [6.45, 7) is 4.17. The Morgan fingerprint density at radius 3 is 2.66 bits per heavy atom. The molecule has 38 heavy (non-hydrogen) atoms. The highest BCUT2D eigenvalue weighted by Crippen LogP contribution is 2.54. The highest BCUT2D eigenvalue weighted by atomic mass is 16.2. The van der Waals surface area contributed by atoms with Crippen LogP contribution in [0.2, 0.25) is 0 Å². The van der Waals surface area contributed by atoms with Crippen molar-refractivity contribution in [2.24, 2.45) is 5.41 Å². The van der Waals surface area contributed by atoms with Crippen LogP contribution in [0.25, 0.3) is 11.3 Å². The van der Waals surface area contributed by atoms with E-state index in [1.165, 1.54) is 11.1 Å². The lowest BCUT2D eigenvalue weighted by molar-refractivity contribution is 0.104. The summed E-state index contributed by atoms with van der Waals surface area (Å²) in [4.78, 5) is 36.5. The lowest BCUT2D eigenvalue weighted by Crippen LogP contribution is -2.56. The third-order valence-corrected chi connectivity index (χ3v) is 9.09. The molecular weight excluding hydrogens is 474 g/mol. The number of benzene rings is 2. The molecule has 0 radical (unpaired) electrons. The Morgan fingerprint density at radius 1 is 1.05 bits per heavy atom. The van der Waals surface area contributed by atoms with Crippen LogP contribution in [0.15, 0.2) is 83.2 Å². The number of aromatic nitrogens is 2. The molecule has 4 heterocycles. The molecule has 1 saturated heterocycles. The fraction of sp³-hybridized carbons (Fsp3) is 0.387. The van der Waals surface area contributed by atoms with E-state index in [1.54, 1.807) is 6.07 Å². The van der Waals surface area contributed by atoms with E-state index in [-0.39, 0.29) is 29.0 Å². The molecule has 2 aromatic carbocycles. The smallest absolute Gasteiger partial charge is 0.320 e. The van der Waals surface area contributed by atoms with Crippen molar-refractivity contribution in [1.82, 2.24) is 24.7 Å². The molecule has 3 aliphatic heterocycles. The zero-order valence-corrected chi connectivity index (χ0v) is 21.6. The molecule has 2 amide bonds. The number of piperazine rings is 1. The lowest BCUT2D eigenvalue weighted by Gasteiger charge is -2.45. The van der Waals surface area contributed by atoms with Gasteiger partial charge in [0.05, 0.1) is 11.7 Å². The molecular formula is C31H33N5O2. The molecule has 7 rings (SSSR count). The Hall–Kier alpha value is -3.71. The quantitative estimate of drug-likeness (QED) is 0.528. The maximum atomic E-state index is 14.0. The summed E-state index contributed by atoms with van der Waals surface area (Å²) in [5.41, 5.74) is 4.14. The minimum absolute atomic E-state index is 0.0162. The number of rotatable bonds is 2. The summed E-state index contributed by atoms with van der Waals surface area (Å²) in [7, 11) is 0. The fourth-order valence-corrected chi connectivity index (χ4v) is 7.14. The maximum Gasteiger partial charge on any atom is 0.320 e. The molecule has 1 spiro atoms. The molecule has 2 fully saturated rings. The second kappa shape index (κ2) is 9.24. The molecule has 3 atom stereocenters. The van der Waals surface area contributed by atoms with Crippen LogP contribution in [-0.2, 0) is 6.54 Å². The summed E-state index contributed by atoms with van der Waals surface area (Å²) in [6.07, 6.45) is 5.19. The number of nitrogens with zero attached hydrogens (tertiary/aromatic N) is 4. The average molecular weight is 508 g/mol. The van der Waals surface area contributed by atoms with E-state index in [1.807, 2.05) is 53.1 Å². The maximum absolute atomic E-state index is 14.0. The van der Waals surface area contributed by atoms with Gasteiger partial charge in [-0.25, -0.2) is 9.78 Å². The predicted octanol–water partition coefficient (Wildman–Crippen LogP) is 4.19. The molecule has 1 saturated carbocycles. The average Bonchev–Trinajstić information content (AvgIpc) is 3.32. The van der Waals surface area contributed by atoms with E-state index >= 15 is 0 Å². The monoisotopic (exact) mass is 507 g/mol. The van der Waals surface area contributed by atoms with Crippen molar-refractivity contribution in [2.75, 3.05) is 32.7 Å². The van der Waals surface area contributed by atoms with Crippen molar-refractivity contribution in [3.8, 4) is 11.3 Å². The number of amides is 2. The molecule has 4 aliphatic rings. The van der Waals surface area contributed by atoms with Gasteiger partial charge in [-0.15, -0.1) is 0 Å². The minimum atomic E-state index is -0.0814. The molecule has 3 aromatic rings. The van der Waals surface area contributed by atoms with Gasteiger partial charge in [-0.1, -0.05) is 66.7 Å². The number of nitrogens with one attached hydrogen (secondary N) is 1. The van der Waals surface area contributed by atoms with Gasteiger partial charge >= 0.3 is 6.03 Å². The van der Waals surface area contributed by atoms with E-state index in [0.717, 1.165) is 49.4 Å². The highest BCUT2D eigenvalue weighted by Gasteiger charge is 2.49. The van der Waals surface area contributed by atoms with Crippen LogP contribution in [0.4, 0.5) is 4.79 Å². The van der Waals surface area contributed by atoms with Gasteiger partial charge in [0.2, 0.25) is 0 Å². The summed E-state index contributed by atoms with van der Waals surface area (Å²) < 4.78 is 1.89. The van der Waals surface area contributed by atoms with E-state index < -0.39 is 0 Å². The predicted molar refractivity (Wildman–Crippen MR) is 147 cm³/mol. The topological polar surface area (TPSA) is 70.5 Å². The van der Waals surface area contributed by atoms with Gasteiger partial charge < -0.3 is 15.1 Å². The van der Waals surface area contributed by atoms with Gasteiger partial charge in [0, 0.05) is 62.2 Å².